The van der Waals surface area contributed by atoms with Crippen LogP contribution >= 0.6 is 27.7 Å². The van der Waals surface area contributed by atoms with Gasteiger partial charge in [0.05, 0.1) is 0 Å². The third kappa shape index (κ3) is 3.80. The molecule has 0 radical (unpaired) electrons. The Hall–Kier alpha value is -1.00. The number of hydrogen-bond acceptors (Lipinski definition) is 2. The van der Waals surface area contributed by atoms with Crippen LogP contribution in [0.3, 0.4) is 0 Å². The van der Waals surface area contributed by atoms with Crippen LogP contribution in [0.4, 0.5) is 0 Å². The second-order valence-corrected chi connectivity index (χ2v) is 7.61. The van der Waals surface area contributed by atoms with E-state index in [0.717, 1.165) is 27.4 Å². The van der Waals surface area contributed by atoms with Gasteiger partial charge in [0.25, 0.3) is 5.91 Å². The standard InChI is InChI=1S/C17H18BrNOS/c18-16-4-3-13-9-15(2-1-14(13)10-16)17(20)19-11-12-5-7-21-8-6-12/h1-4,9-10,12H,5-8,11H2,(H,19,20). The summed E-state index contributed by atoms with van der Waals surface area (Å²) < 4.78 is 1.06. The summed E-state index contributed by atoms with van der Waals surface area (Å²) in [6.45, 7) is 0.803. The molecular formula is C17H18BrNOS. The highest BCUT2D eigenvalue weighted by atomic mass is 79.9. The molecule has 1 amide bonds. The van der Waals surface area contributed by atoms with Crippen molar-refractivity contribution in [2.75, 3.05) is 18.1 Å². The van der Waals surface area contributed by atoms with Crippen LogP contribution in [0, 0.1) is 5.92 Å². The van der Waals surface area contributed by atoms with Crippen molar-refractivity contribution in [1.82, 2.24) is 5.32 Å². The second kappa shape index (κ2) is 6.84. The lowest BCUT2D eigenvalue weighted by molar-refractivity contribution is 0.0946. The normalized spacial score (nSPS) is 16.0. The Balaban J connectivity index is 1.67. The molecule has 2 aromatic rings. The highest BCUT2D eigenvalue weighted by molar-refractivity contribution is 9.10. The SMILES string of the molecule is O=C(NCC1CCSCC1)c1ccc2cc(Br)ccc2c1. The summed E-state index contributed by atoms with van der Waals surface area (Å²) in [6.07, 6.45) is 2.44. The Morgan fingerprint density at radius 2 is 1.86 bits per heavy atom. The summed E-state index contributed by atoms with van der Waals surface area (Å²) in [5.41, 5.74) is 0.745. The highest BCUT2D eigenvalue weighted by Crippen LogP contribution is 2.23. The molecule has 0 bridgehead atoms. The van der Waals surface area contributed by atoms with E-state index in [1.165, 1.54) is 24.3 Å². The maximum absolute atomic E-state index is 12.3. The Labute approximate surface area is 137 Å². The van der Waals surface area contributed by atoms with Crippen molar-refractivity contribution in [1.29, 1.82) is 0 Å². The van der Waals surface area contributed by atoms with Crippen molar-refractivity contribution in [3.63, 3.8) is 0 Å². The lowest BCUT2D eigenvalue weighted by atomic mass is 10.0. The van der Waals surface area contributed by atoms with Gasteiger partial charge in [0, 0.05) is 16.6 Å². The molecular weight excluding hydrogens is 346 g/mol. The lowest BCUT2D eigenvalue weighted by Crippen LogP contribution is -2.30. The number of hydrogen-bond donors (Lipinski definition) is 1. The third-order valence-corrected chi connectivity index (χ3v) is 5.50. The van der Waals surface area contributed by atoms with Crippen LogP contribution in [0.1, 0.15) is 23.2 Å². The minimum absolute atomic E-state index is 0.0399. The molecule has 3 rings (SSSR count). The zero-order chi connectivity index (χ0) is 14.7. The number of carbonyl (C=O) groups is 1. The van der Waals surface area contributed by atoms with E-state index in [2.05, 4.69) is 27.3 Å². The number of halogens is 1. The fourth-order valence-electron chi connectivity index (χ4n) is 2.65. The van der Waals surface area contributed by atoms with E-state index < -0.39 is 0 Å². The monoisotopic (exact) mass is 363 g/mol. The lowest BCUT2D eigenvalue weighted by Gasteiger charge is -2.21. The number of thioether (sulfide) groups is 1. The van der Waals surface area contributed by atoms with Crippen molar-refractivity contribution in [3.8, 4) is 0 Å². The zero-order valence-electron chi connectivity index (χ0n) is 11.8. The molecule has 0 spiro atoms. The molecule has 1 saturated heterocycles. The molecule has 1 aliphatic heterocycles. The minimum Gasteiger partial charge on any atom is -0.352 e. The van der Waals surface area contributed by atoms with Gasteiger partial charge in [-0.2, -0.15) is 11.8 Å². The smallest absolute Gasteiger partial charge is 0.251 e. The summed E-state index contributed by atoms with van der Waals surface area (Å²) in [5, 5.41) is 5.33. The average Bonchev–Trinajstić information content (AvgIpc) is 2.53. The van der Waals surface area contributed by atoms with Gasteiger partial charge in [0.15, 0.2) is 0 Å². The van der Waals surface area contributed by atoms with Crippen molar-refractivity contribution >= 4 is 44.4 Å². The van der Waals surface area contributed by atoms with Crippen LogP contribution in [0.2, 0.25) is 0 Å². The van der Waals surface area contributed by atoms with Gasteiger partial charge in [-0.25, -0.2) is 0 Å². The number of benzene rings is 2. The molecule has 0 aliphatic carbocycles. The van der Waals surface area contributed by atoms with Crippen LogP contribution < -0.4 is 5.32 Å². The van der Waals surface area contributed by atoms with Gasteiger partial charge in [-0.3, -0.25) is 4.79 Å². The molecule has 0 atom stereocenters. The molecule has 2 aromatic carbocycles. The number of amides is 1. The van der Waals surface area contributed by atoms with Gasteiger partial charge in [0.1, 0.15) is 0 Å². The summed E-state index contributed by atoms with van der Waals surface area (Å²) in [4.78, 5) is 12.3. The zero-order valence-corrected chi connectivity index (χ0v) is 14.2. The maximum atomic E-state index is 12.3. The molecule has 1 aliphatic rings. The molecule has 1 N–H and O–H groups in total. The molecule has 110 valence electrons. The Morgan fingerprint density at radius 3 is 2.67 bits per heavy atom. The molecule has 0 saturated carbocycles. The molecule has 1 fully saturated rings. The van der Waals surface area contributed by atoms with Crippen molar-refractivity contribution in [3.05, 3.63) is 46.4 Å². The molecule has 0 unspecified atom stereocenters. The predicted molar refractivity (Wildman–Crippen MR) is 94.0 cm³/mol. The van der Waals surface area contributed by atoms with E-state index >= 15 is 0 Å². The first-order valence-electron chi connectivity index (χ1n) is 7.27. The van der Waals surface area contributed by atoms with E-state index in [4.69, 9.17) is 0 Å². The van der Waals surface area contributed by atoms with E-state index in [-0.39, 0.29) is 5.91 Å². The summed E-state index contributed by atoms with van der Waals surface area (Å²) >= 11 is 5.48. The van der Waals surface area contributed by atoms with E-state index in [1.54, 1.807) is 0 Å². The molecule has 4 heteroatoms. The molecule has 21 heavy (non-hydrogen) atoms. The van der Waals surface area contributed by atoms with Crippen LogP contribution in [0.25, 0.3) is 10.8 Å². The van der Waals surface area contributed by atoms with Crippen molar-refractivity contribution in [2.45, 2.75) is 12.8 Å². The van der Waals surface area contributed by atoms with Gasteiger partial charge in [-0.15, -0.1) is 0 Å². The average molecular weight is 364 g/mol. The Kier molecular flexibility index (Phi) is 4.86. The molecule has 2 nitrogen and oxygen atoms in total. The topological polar surface area (TPSA) is 29.1 Å². The first-order chi connectivity index (χ1) is 10.2. The molecule has 0 aromatic heterocycles. The van der Waals surface area contributed by atoms with E-state index in [9.17, 15) is 4.79 Å². The van der Waals surface area contributed by atoms with Gasteiger partial charge in [-0.05, 0) is 65.3 Å². The highest BCUT2D eigenvalue weighted by Gasteiger charge is 2.15. The fourth-order valence-corrected chi connectivity index (χ4v) is 4.23. The minimum atomic E-state index is 0.0399. The van der Waals surface area contributed by atoms with Crippen LogP contribution in [-0.4, -0.2) is 24.0 Å². The van der Waals surface area contributed by atoms with Crippen LogP contribution in [-0.2, 0) is 0 Å². The first kappa shape index (κ1) is 14.9. The Bertz CT molecular complexity index is 652. The van der Waals surface area contributed by atoms with Crippen LogP contribution in [0.5, 0.6) is 0 Å². The summed E-state index contributed by atoms with van der Waals surface area (Å²) in [7, 11) is 0. The number of fused-ring (bicyclic) bond motifs is 1. The van der Waals surface area contributed by atoms with Crippen LogP contribution in [0.15, 0.2) is 40.9 Å². The Morgan fingerprint density at radius 1 is 1.14 bits per heavy atom. The van der Waals surface area contributed by atoms with Crippen molar-refractivity contribution in [2.24, 2.45) is 5.92 Å². The largest absolute Gasteiger partial charge is 0.352 e. The predicted octanol–water partition coefficient (Wildman–Crippen LogP) is 4.48. The number of carbonyl (C=O) groups excluding carboxylic acids is 1. The maximum Gasteiger partial charge on any atom is 0.251 e. The van der Waals surface area contributed by atoms with Gasteiger partial charge >= 0.3 is 0 Å². The van der Waals surface area contributed by atoms with Gasteiger partial charge in [0.2, 0.25) is 0 Å². The molecule has 1 heterocycles. The van der Waals surface area contributed by atoms with Gasteiger partial charge < -0.3 is 5.32 Å². The fraction of sp³-hybridized carbons (Fsp3) is 0.353. The van der Waals surface area contributed by atoms with E-state index in [1.807, 2.05) is 42.1 Å². The van der Waals surface area contributed by atoms with Crippen molar-refractivity contribution < 1.29 is 4.79 Å². The summed E-state index contributed by atoms with van der Waals surface area (Å²) in [6, 6.07) is 12.0. The number of nitrogens with one attached hydrogen (secondary N) is 1. The van der Waals surface area contributed by atoms with Gasteiger partial charge in [-0.1, -0.05) is 28.1 Å². The summed E-state index contributed by atoms with van der Waals surface area (Å²) in [5.74, 6) is 3.14. The quantitative estimate of drug-likeness (QED) is 0.870. The second-order valence-electron chi connectivity index (χ2n) is 5.47. The first-order valence-corrected chi connectivity index (χ1v) is 9.22. The third-order valence-electron chi connectivity index (χ3n) is 3.96. The number of rotatable bonds is 3. The van der Waals surface area contributed by atoms with E-state index in [0.29, 0.717) is 5.92 Å².